The average Bonchev–Trinajstić information content (AvgIpc) is 3.09. The van der Waals surface area contributed by atoms with Gasteiger partial charge in [-0.3, -0.25) is 4.79 Å². The molecule has 0 spiro atoms. The van der Waals surface area contributed by atoms with Crippen LogP contribution in [0.5, 0.6) is 0 Å². The lowest BCUT2D eigenvalue weighted by atomic mass is 10.1. The molecule has 23 heavy (non-hydrogen) atoms. The Labute approximate surface area is 135 Å². The standard InChI is InChI=1S/C17H21N3O3/c18-13-14(17(21)20-8-10-22-11-9-20)12-15-4-5-16(23-15)19-6-2-1-3-7-19/h4-5,12H,1-3,6-11H2. The van der Waals surface area contributed by atoms with E-state index in [-0.39, 0.29) is 11.5 Å². The molecule has 122 valence electrons. The van der Waals surface area contributed by atoms with Gasteiger partial charge < -0.3 is 19.0 Å². The minimum Gasteiger partial charge on any atom is -0.441 e. The first-order valence-electron chi connectivity index (χ1n) is 8.11. The molecule has 0 bridgehead atoms. The second-order valence-electron chi connectivity index (χ2n) is 5.80. The van der Waals surface area contributed by atoms with Gasteiger partial charge in [0.25, 0.3) is 5.91 Å². The number of piperidine rings is 1. The summed E-state index contributed by atoms with van der Waals surface area (Å²) < 4.78 is 11.0. The Morgan fingerprint density at radius 1 is 1.13 bits per heavy atom. The first kappa shape index (κ1) is 15.6. The van der Waals surface area contributed by atoms with Crippen LogP contribution in [-0.2, 0) is 9.53 Å². The molecule has 6 nitrogen and oxygen atoms in total. The van der Waals surface area contributed by atoms with Crippen LogP contribution < -0.4 is 4.90 Å². The Balaban J connectivity index is 1.72. The van der Waals surface area contributed by atoms with Gasteiger partial charge in [0.2, 0.25) is 0 Å². The monoisotopic (exact) mass is 315 g/mol. The molecule has 2 aliphatic rings. The van der Waals surface area contributed by atoms with Gasteiger partial charge in [-0.2, -0.15) is 5.26 Å². The van der Waals surface area contributed by atoms with Crippen molar-refractivity contribution in [3.05, 3.63) is 23.5 Å². The maximum absolute atomic E-state index is 12.4. The molecule has 2 aliphatic heterocycles. The normalized spacial score (nSPS) is 19.5. The van der Waals surface area contributed by atoms with Crippen LogP contribution in [0.2, 0.25) is 0 Å². The number of morpholine rings is 1. The van der Waals surface area contributed by atoms with E-state index < -0.39 is 0 Å². The predicted molar refractivity (Wildman–Crippen MR) is 85.8 cm³/mol. The fourth-order valence-electron chi connectivity index (χ4n) is 2.92. The SMILES string of the molecule is N#CC(=Cc1ccc(N2CCCCC2)o1)C(=O)N1CCOCC1. The molecule has 1 amide bonds. The summed E-state index contributed by atoms with van der Waals surface area (Å²) in [4.78, 5) is 16.2. The van der Waals surface area contributed by atoms with Crippen molar-refractivity contribution < 1.29 is 13.9 Å². The lowest BCUT2D eigenvalue weighted by Crippen LogP contribution is -2.41. The molecular weight excluding hydrogens is 294 g/mol. The van der Waals surface area contributed by atoms with Crippen LogP contribution in [0, 0.1) is 11.3 Å². The largest absolute Gasteiger partial charge is 0.441 e. The maximum Gasteiger partial charge on any atom is 0.264 e. The minimum absolute atomic E-state index is 0.103. The van der Waals surface area contributed by atoms with Crippen molar-refractivity contribution >= 4 is 17.9 Å². The molecule has 0 radical (unpaired) electrons. The summed E-state index contributed by atoms with van der Waals surface area (Å²) in [7, 11) is 0. The second-order valence-corrected chi connectivity index (χ2v) is 5.80. The molecule has 3 heterocycles. The molecule has 2 saturated heterocycles. The van der Waals surface area contributed by atoms with Crippen LogP contribution in [0.4, 0.5) is 5.88 Å². The lowest BCUT2D eigenvalue weighted by molar-refractivity contribution is -0.130. The Kier molecular flexibility index (Phi) is 4.99. The summed E-state index contributed by atoms with van der Waals surface area (Å²) in [6.07, 6.45) is 5.14. The van der Waals surface area contributed by atoms with Crippen LogP contribution in [0.1, 0.15) is 25.0 Å². The topological polar surface area (TPSA) is 69.7 Å². The van der Waals surface area contributed by atoms with Gasteiger partial charge in [-0.05, 0) is 25.3 Å². The van der Waals surface area contributed by atoms with Crippen molar-refractivity contribution in [2.24, 2.45) is 0 Å². The number of rotatable bonds is 3. The van der Waals surface area contributed by atoms with Crippen LogP contribution in [0.15, 0.2) is 22.1 Å². The Morgan fingerprint density at radius 3 is 2.57 bits per heavy atom. The van der Waals surface area contributed by atoms with Gasteiger partial charge in [-0.25, -0.2) is 0 Å². The van der Waals surface area contributed by atoms with Gasteiger partial charge in [0, 0.05) is 38.3 Å². The van der Waals surface area contributed by atoms with E-state index in [4.69, 9.17) is 9.15 Å². The van der Waals surface area contributed by atoms with Crippen LogP contribution in [-0.4, -0.2) is 50.2 Å². The van der Waals surface area contributed by atoms with E-state index in [1.165, 1.54) is 25.3 Å². The molecule has 0 aliphatic carbocycles. The molecule has 1 aromatic heterocycles. The van der Waals surface area contributed by atoms with Crippen molar-refractivity contribution in [1.29, 1.82) is 5.26 Å². The van der Waals surface area contributed by atoms with Crippen LogP contribution >= 0.6 is 0 Å². The highest BCUT2D eigenvalue weighted by molar-refractivity contribution is 6.01. The summed E-state index contributed by atoms with van der Waals surface area (Å²) in [6.45, 7) is 4.07. The van der Waals surface area contributed by atoms with E-state index in [1.807, 2.05) is 18.2 Å². The summed E-state index contributed by atoms with van der Waals surface area (Å²) >= 11 is 0. The van der Waals surface area contributed by atoms with Crippen molar-refractivity contribution in [3.8, 4) is 6.07 Å². The molecule has 0 N–H and O–H groups in total. The molecule has 1 aromatic rings. The highest BCUT2D eigenvalue weighted by Crippen LogP contribution is 2.24. The van der Waals surface area contributed by atoms with E-state index in [2.05, 4.69) is 4.90 Å². The quantitative estimate of drug-likeness (QED) is 0.630. The Hall–Kier alpha value is -2.26. The van der Waals surface area contributed by atoms with Gasteiger partial charge in [-0.1, -0.05) is 0 Å². The number of anilines is 1. The Bertz CT molecular complexity index is 617. The molecule has 3 rings (SSSR count). The first-order chi connectivity index (χ1) is 11.3. The van der Waals surface area contributed by atoms with Crippen molar-refractivity contribution in [1.82, 2.24) is 4.90 Å². The zero-order valence-electron chi connectivity index (χ0n) is 13.2. The highest BCUT2D eigenvalue weighted by Gasteiger charge is 2.21. The number of ether oxygens (including phenoxy) is 1. The third-order valence-electron chi connectivity index (χ3n) is 4.22. The minimum atomic E-state index is -0.258. The van der Waals surface area contributed by atoms with E-state index in [0.717, 1.165) is 19.0 Å². The fraction of sp³-hybridized carbons (Fsp3) is 0.529. The lowest BCUT2D eigenvalue weighted by Gasteiger charge is -2.26. The van der Waals surface area contributed by atoms with E-state index in [1.54, 1.807) is 4.90 Å². The molecule has 0 saturated carbocycles. The zero-order valence-corrected chi connectivity index (χ0v) is 13.2. The summed E-state index contributed by atoms with van der Waals surface area (Å²) in [5, 5.41) is 9.29. The van der Waals surface area contributed by atoms with Gasteiger partial charge in [0.15, 0.2) is 5.88 Å². The highest BCUT2D eigenvalue weighted by atomic mass is 16.5. The smallest absolute Gasteiger partial charge is 0.264 e. The van der Waals surface area contributed by atoms with Crippen molar-refractivity contribution in [3.63, 3.8) is 0 Å². The second kappa shape index (κ2) is 7.34. The van der Waals surface area contributed by atoms with Gasteiger partial charge in [0.05, 0.1) is 13.2 Å². The van der Waals surface area contributed by atoms with Crippen LogP contribution in [0.25, 0.3) is 6.08 Å². The fourth-order valence-corrected chi connectivity index (χ4v) is 2.92. The molecule has 0 aromatic carbocycles. The average molecular weight is 315 g/mol. The third kappa shape index (κ3) is 3.74. The zero-order chi connectivity index (χ0) is 16.1. The van der Waals surface area contributed by atoms with E-state index in [9.17, 15) is 10.1 Å². The number of hydrogen-bond donors (Lipinski definition) is 0. The summed E-state index contributed by atoms with van der Waals surface area (Å²) in [5.74, 6) is 1.10. The number of carbonyl (C=O) groups excluding carboxylic acids is 1. The number of amides is 1. The molecule has 2 fully saturated rings. The van der Waals surface area contributed by atoms with E-state index in [0.29, 0.717) is 32.1 Å². The summed E-state index contributed by atoms with van der Waals surface area (Å²) in [5.41, 5.74) is 0.103. The van der Waals surface area contributed by atoms with E-state index >= 15 is 0 Å². The first-order valence-corrected chi connectivity index (χ1v) is 8.11. The molecule has 0 unspecified atom stereocenters. The van der Waals surface area contributed by atoms with Gasteiger partial charge in [-0.15, -0.1) is 0 Å². The van der Waals surface area contributed by atoms with Crippen LogP contribution in [0.3, 0.4) is 0 Å². The number of nitrogens with zero attached hydrogens (tertiary/aromatic N) is 3. The number of hydrogen-bond acceptors (Lipinski definition) is 5. The number of nitriles is 1. The predicted octanol–water partition coefficient (Wildman–Crippen LogP) is 2.04. The third-order valence-corrected chi connectivity index (χ3v) is 4.22. The van der Waals surface area contributed by atoms with Crippen molar-refractivity contribution in [2.45, 2.75) is 19.3 Å². The van der Waals surface area contributed by atoms with Gasteiger partial charge in [0.1, 0.15) is 17.4 Å². The van der Waals surface area contributed by atoms with Gasteiger partial charge >= 0.3 is 0 Å². The molecule has 6 heteroatoms. The summed E-state index contributed by atoms with van der Waals surface area (Å²) in [6, 6.07) is 5.71. The number of furan rings is 1. The van der Waals surface area contributed by atoms with Crippen molar-refractivity contribution in [2.75, 3.05) is 44.3 Å². The number of carbonyl (C=O) groups is 1. The molecule has 0 atom stereocenters. The Morgan fingerprint density at radius 2 is 1.87 bits per heavy atom. The maximum atomic E-state index is 12.4. The molecular formula is C17H21N3O3.